The van der Waals surface area contributed by atoms with E-state index in [1.165, 1.54) is 19.4 Å². The minimum Gasteiger partial charge on any atom is -0.380 e. The Hall–Kier alpha value is -0.120. The maximum absolute atomic E-state index is 5.53. The second-order valence-corrected chi connectivity index (χ2v) is 4.78. The molecule has 0 aliphatic carbocycles. The molecule has 0 aromatic heterocycles. The average molecular weight is 214 g/mol. The molecular weight excluding hydrogens is 188 g/mol. The first-order valence-electron chi connectivity index (χ1n) is 6.10. The van der Waals surface area contributed by atoms with Crippen LogP contribution in [0.25, 0.3) is 0 Å². The van der Waals surface area contributed by atoms with E-state index in [4.69, 9.17) is 4.74 Å². The normalized spacial score (nSPS) is 30.4. The topological polar surface area (TPSA) is 24.5 Å². The van der Waals surface area contributed by atoms with Gasteiger partial charge in [-0.1, -0.05) is 6.92 Å². The number of piperidine rings is 1. The van der Waals surface area contributed by atoms with Crippen molar-refractivity contribution in [1.29, 1.82) is 0 Å². The average Bonchev–Trinajstić information content (AvgIpc) is 2.26. The molecule has 1 heterocycles. The van der Waals surface area contributed by atoms with Crippen LogP contribution in [0.1, 0.15) is 26.7 Å². The molecule has 0 amide bonds. The Labute approximate surface area is 94.2 Å². The van der Waals surface area contributed by atoms with Gasteiger partial charge >= 0.3 is 0 Å². The zero-order valence-corrected chi connectivity index (χ0v) is 10.6. The summed E-state index contributed by atoms with van der Waals surface area (Å²) in [6.07, 6.45) is 2.92. The Morgan fingerprint density at radius 2 is 2.27 bits per heavy atom. The lowest BCUT2D eigenvalue weighted by Gasteiger charge is -2.39. The molecule has 1 saturated heterocycles. The molecule has 3 atom stereocenters. The number of ether oxygens (including phenoxy) is 1. The summed E-state index contributed by atoms with van der Waals surface area (Å²) in [6, 6.07) is 0.669. The van der Waals surface area contributed by atoms with Crippen LogP contribution in [0.2, 0.25) is 0 Å². The van der Waals surface area contributed by atoms with Gasteiger partial charge in [-0.3, -0.25) is 4.90 Å². The molecule has 3 heteroatoms. The Morgan fingerprint density at radius 1 is 1.53 bits per heavy atom. The summed E-state index contributed by atoms with van der Waals surface area (Å²) >= 11 is 0. The molecule has 1 aliphatic rings. The standard InChI is InChI=1S/C12H26N2O/c1-10-6-8-14(9-12(10)15-4)11(2)5-7-13-3/h10-13H,5-9H2,1-4H3. The van der Waals surface area contributed by atoms with Gasteiger partial charge in [-0.15, -0.1) is 0 Å². The van der Waals surface area contributed by atoms with Gasteiger partial charge in [0.05, 0.1) is 6.10 Å². The second-order valence-electron chi connectivity index (χ2n) is 4.78. The Morgan fingerprint density at radius 3 is 2.87 bits per heavy atom. The van der Waals surface area contributed by atoms with Gasteiger partial charge in [-0.05, 0) is 45.8 Å². The Bertz CT molecular complexity index is 175. The van der Waals surface area contributed by atoms with Crippen LogP contribution in [0.4, 0.5) is 0 Å². The van der Waals surface area contributed by atoms with Crippen LogP contribution in [0.15, 0.2) is 0 Å². The van der Waals surface area contributed by atoms with Gasteiger partial charge in [-0.25, -0.2) is 0 Å². The van der Waals surface area contributed by atoms with Crippen molar-refractivity contribution in [3.8, 4) is 0 Å². The fourth-order valence-electron chi connectivity index (χ4n) is 2.30. The summed E-state index contributed by atoms with van der Waals surface area (Å²) in [5.74, 6) is 0.711. The van der Waals surface area contributed by atoms with Crippen molar-refractivity contribution in [3.05, 3.63) is 0 Å². The molecular formula is C12H26N2O. The highest BCUT2D eigenvalue weighted by Crippen LogP contribution is 2.21. The second kappa shape index (κ2) is 6.46. The lowest BCUT2D eigenvalue weighted by atomic mass is 9.94. The monoisotopic (exact) mass is 214 g/mol. The number of hydrogen-bond donors (Lipinski definition) is 1. The van der Waals surface area contributed by atoms with Gasteiger partial charge in [0.15, 0.2) is 0 Å². The summed E-state index contributed by atoms with van der Waals surface area (Å²) in [4.78, 5) is 2.56. The van der Waals surface area contributed by atoms with Gasteiger partial charge in [0.2, 0.25) is 0 Å². The van der Waals surface area contributed by atoms with E-state index < -0.39 is 0 Å². The van der Waals surface area contributed by atoms with E-state index in [0.29, 0.717) is 18.1 Å². The molecule has 0 radical (unpaired) electrons. The Kier molecular flexibility index (Phi) is 5.58. The van der Waals surface area contributed by atoms with Crippen molar-refractivity contribution >= 4 is 0 Å². The summed E-state index contributed by atoms with van der Waals surface area (Å²) in [6.45, 7) is 8.04. The molecule has 0 aromatic carbocycles. The lowest BCUT2D eigenvalue weighted by Crippen LogP contribution is -2.48. The fraction of sp³-hybridized carbons (Fsp3) is 1.00. The molecule has 0 spiro atoms. The molecule has 1 fully saturated rings. The van der Waals surface area contributed by atoms with Crippen LogP contribution in [0.3, 0.4) is 0 Å². The van der Waals surface area contributed by atoms with Crippen molar-refractivity contribution in [2.45, 2.75) is 38.8 Å². The number of hydrogen-bond acceptors (Lipinski definition) is 3. The predicted molar refractivity (Wildman–Crippen MR) is 64.2 cm³/mol. The summed E-state index contributed by atoms with van der Waals surface area (Å²) in [7, 11) is 3.85. The third kappa shape index (κ3) is 3.74. The smallest absolute Gasteiger partial charge is 0.0724 e. The molecule has 1 N–H and O–H groups in total. The van der Waals surface area contributed by atoms with Crippen LogP contribution >= 0.6 is 0 Å². The number of likely N-dealkylation sites (tertiary alicyclic amines) is 1. The van der Waals surface area contributed by atoms with Gasteiger partial charge in [0.1, 0.15) is 0 Å². The highest BCUT2D eigenvalue weighted by molar-refractivity contribution is 4.81. The first kappa shape index (κ1) is 12.9. The predicted octanol–water partition coefficient (Wildman–Crippen LogP) is 1.34. The quantitative estimate of drug-likeness (QED) is 0.747. The molecule has 0 saturated carbocycles. The van der Waals surface area contributed by atoms with Gasteiger partial charge in [0, 0.05) is 19.7 Å². The minimum atomic E-state index is 0.427. The van der Waals surface area contributed by atoms with E-state index in [1.54, 1.807) is 0 Å². The molecule has 0 bridgehead atoms. The number of rotatable bonds is 5. The van der Waals surface area contributed by atoms with Crippen molar-refractivity contribution < 1.29 is 4.74 Å². The molecule has 1 rings (SSSR count). The third-order valence-electron chi connectivity index (χ3n) is 3.66. The maximum Gasteiger partial charge on any atom is 0.0724 e. The van der Waals surface area contributed by atoms with E-state index in [0.717, 1.165) is 13.1 Å². The van der Waals surface area contributed by atoms with Crippen LogP contribution in [0.5, 0.6) is 0 Å². The van der Waals surface area contributed by atoms with Crippen LogP contribution in [-0.2, 0) is 4.74 Å². The number of nitrogens with one attached hydrogen (secondary N) is 1. The third-order valence-corrected chi connectivity index (χ3v) is 3.66. The largest absolute Gasteiger partial charge is 0.380 e. The Balaban J connectivity index is 2.36. The van der Waals surface area contributed by atoms with Gasteiger partial charge in [0.25, 0.3) is 0 Å². The van der Waals surface area contributed by atoms with Crippen molar-refractivity contribution in [1.82, 2.24) is 10.2 Å². The molecule has 90 valence electrons. The van der Waals surface area contributed by atoms with E-state index in [2.05, 4.69) is 24.1 Å². The zero-order valence-electron chi connectivity index (χ0n) is 10.6. The number of methoxy groups -OCH3 is 1. The molecule has 0 aromatic rings. The maximum atomic E-state index is 5.53. The van der Waals surface area contributed by atoms with Crippen LogP contribution < -0.4 is 5.32 Å². The first-order valence-corrected chi connectivity index (χ1v) is 6.10. The van der Waals surface area contributed by atoms with Gasteiger partial charge in [-0.2, -0.15) is 0 Å². The first-order chi connectivity index (χ1) is 7.19. The molecule has 3 nitrogen and oxygen atoms in total. The van der Waals surface area contributed by atoms with E-state index in [9.17, 15) is 0 Å². The van der Waals surface area contributed by atoms with Crippen LogP contribution in [-0.4, -0.2) is 50.8 Å². The molecule has 15 heavy (non-hydrogen) atoms. The van der Waals surface area contributed by atoms with E-state index >= 15 is 0 Å². The van der Waals surface area contributed by atoms with Crippen molar-refractivity contribution in [3.63, 3.8) is 0 Å². The van der Waals surface area contributed by atoms with Crippen LogP contribution in [0, 0.1) is 5.92 Å². The van der Waals surface area contributed by atoms with Crippen molar-refractivity contribution in [2.24, 2.45) is 5.92 Å². The van der Waals surface area contributed by atoms with E-state index in [-0.39, 0.29) is 0 Å². The summed E-state index contributed by atoms with van der Waals surface area (Å²) < 4.78 is 5.53. The van der Waals surface area contributed by atoms with Crippen molar-refractivity contribution in [2.75, 3.05) is 33.8 Å². The summed E-state index contributed by atoms with van der Waals surface area (Å²) in [5, 5.41) is 3.21. The highest BCUT2D eigenvalue weighted by Gasteiger charge is 2.28. The minimum absolute atomic E-state index is 0.427. The number of nitrogens with zero attached hydrogens (tertiary/aromatic N) is 1. The fourth-order valence-corrected chi connectivity index (χ4v) is 2.30. The zero-order chi connectivity index (χ0) is 11.3. The molecule has 3 unspecified atom stereocenters. The highest BCUT2D eigenvalue weighted by atomic mass is 16.5. The SMILES string of the molecule is CNCCC(C)N1CCC(C)C(OC)C1. The van der Waals surface area contributed by atoms with Gasteiger partial charge < -0.3 is 10.1 Å². The molecule has 1 aliphatic heterocycles. The van der Waals surface area contributed by atoms with E-state index in [1.807, 2.05) is 14.2 Å². The lowest BCUT2D eigenvalue weighted by molar-refractivity contribution is -0.0175. The summed E-state index contributed by atoms with van der Waals surface area (Å²) in [5.41, 5.74) is 0.